The zero-order valence-corrected chi connectivity index (χ0v) is 15.6. The van der Waals surface area contributed by atoms with Crippen molar-refractivity contribution < 1.29 is 14.4 Å². The number of urea groups is 1. The molecule has 2 aromatic rings. The van der Waals surface area contributed by atoms with Gasteiger partial charge in [-0.05, 0) is 30.7 Å². The summed E-state index contributed by atoms with van der Waals surface area (Å²) in [4.78, 5) is 47.5. The van der Waals surface area contributed by atoms with Crippen molar-refractivity contribution in [2.45, 2.75) is 13.5 Å². The fourth-order valence-corrected chi connectivity index (χ4v) is 2.83. The van der Waals surface area contributed by atoms with E-state index in [1.165, 1.54) is 16.0 Å². The van der Waals surface area contributed by atoms with Gasteiger partial charge in [0.15, 0.2) is 0 Å². The number of anilines is 1. The van der Waals surface area contributed by atoms with E-state index >= 15 is 0 Å². The standard InChI is InChI=1S/C19H22N6O3/c1-2-21-17(26)13-24-8-9-25(19(24)28)16-6-5-14(10-22-16)11-23-18(27)15-4-3-7-20-12-15/h3-7,10,12H,2,8-9,11,13H2,1H3,(H,21,26)(H,23,27). The molecule has 0 unspecified atom stereocenters. The van der Waals surface area contributed by atoms with E-state index in [9.17, 15) is 14.4 Å². The van der Waals surface area contributed by atoms with Crippen molar-refractivity contribution in [3.8, 4) is 0 Å². The van der Waals surface area contributed by atoms with E-state index in [0.717, 1.165) is 5.56 Å². The van der Waals surface area contributed by atoms with Gasteiger partial charge in [0, 0.05) is 44.8 Å². The topological polar surface area (TPSA) is 108 Å². The van der Waals surface area contributed by atoms with Crippen LogP contribution in [0.1, 0.15) is 22.8 Å². The lowest BCUT2D eigenvalue weighted by Gasteiger charge is -2.17. The predicted molar refractivity (Wildman–Crippen MR) is 103 cm³/mol. The van der Waals surface area contributed by atoms with Gasteiger partial charge in [0.1, 0.15) is 12.4 Å². The van der Waals surface area contributed by atoms with Gasteiger partial charge in [-0.1, -0.05) is 6.07 Å². The first kappa shape index (κ1) is 19.3. The molecule has 2 N–H and O–H groups in total. The molecule has 9 heteroatoms. The third-order valence-corrected chi connectivity index (χ3v) is 4.27. The molecule has 1 saturated heterocycles. The maximum atomic E-state index is 12.5. The monoisotopic (exact) mass is 382 g/mol. The molecule has 1 aliphatic heterocycles. The summed E-state index contributed by atoms with van der Waals surface area (Å²) < 4.78 is 0. The first-order valence-corrected chi connectivity index (χ1v) is 9.04. The normalized spacial score (nSPS) is 13.5. The fraction of sp³-hybridized carbons (Fsp3) is 0.316. The zero-order valence-electron chi connectivity index (χ0n) is 15.6. The Morgan fingerprint density at radius 3 is 2.68 bits per heavy atom. The number of aromatic nitrogens is 2. The summed E-state index contributed by atoms with van der Waals surface area (Å²) in [5, 5.41) is 5.49. The van der Waals surface area contributed by atoms with Crippen molar-refractivity contribution in [2.24, 2.45) is 0 Å². The number of hydrogen-bond acceptors (Lipinski definition) is 5. The van der Waals surface area contributed by atoms with Crippen LogP contribution in [-0.4, -0.2) is 58.9 Å². The van der Waals surface area contributed by atoms with E-state index in [0.29, 0.717) is 37.6 Å². The van der Waals surface area contributed by atoms with Crippen LogP contribution in [0.25, 0.3) is 0 Å². The van der Waals surface area contributed by atoms with E-state index < -0.39 is 0 Å². The SMILES string of the molecule is CCNC(=O)CN1CCN(c2ccc(CNC(=O)c3cccnc3)cn2)C1=O. The Hall–Kier alpha value is -3.49. The molecule has 0 radical (unpaired) electrons. The molecule has 1 fully saturated rings. The van der Waals surface area contributed by atoms with Gasteiger partial charge in [0.2, 0.25) is 5.91 Å². The third kappa shape index (κ3) is 4.61. The van der Waals surface area contributed by atoms with Crippen LogP contribution in [-0.2, 0) is 11.3 Å². The van der Waals surface area contributed by atoms with Gasteiger partial charge in [-0.3, -0.25) is 19.5 Å². The predicted octanol–water partition coefficient (Wildman–Crippen LogP) is 0.785. The second-order valence-corrected chi connectivity index (χ2v) is 6.26. The third-order valence-electron chi connectivity index (χ3n) is 4.27. The van der Waals surface area contributed by atoms with Gasteiger partial charge in [-0.2, -0.15) is 0 Å². The Morgan fingerprint density at radius 2 is 2.00 bits per heavy atom. The molecule has 28 heavy (non-hydrogen) atoms. The molecule has 3 rings (SSSR count). The number of hydrogen-bond donors (Lipinski definition) is 2. The molecule has 4 amide bonds. The van der Waals surface area contributed by atoms with Gasteiger partial charge in [-0.25, -0.2) is 9.78 Å². The fourth-order valence-electron chi connectivity index (χ4n) is 2.83. The first-order chi connectivity index (χ1) is 13.6. The molecule has 1 aliphatic rings. The minimum atomic E-state index is -0.239. The smallest absolute Gasteiger partial charge is 0.326 e. The lowest BCUT2D eigenvalue weighted by atomic mass is 10.2. The van der Waals surface area contributed by atoms with E-state index in [1.54, 1.807) is 30.6 Å². The number of nitrogens with zero attached hydrogens (tertiary/aromatic N) is 4. The number of nitrogens with one attached hydrogen (secondary N) is 2. The summed E-state index contributed by atoms with van der Waals surface area (Å²) in [5.41, 5.74) is 1.30. The molecule has 0 bridgehead atoms. The highest BCUT2D eigenvalue weighted by molar-refractivity contribution is 5.95. The molecule has 146 valence electrons. The Kier molecular flexibility index (Phi) is 6.15. The molecule has 3 heterocycles. The number of carbonyl (C=O) groups is 3. The minimum Gasteiger partial charge on any atom is -0.355 e. The lowest BCUT2D eigenvalue weighted by molar-refractivity contribution is -0.121. The lowest BCUT2D eigenvalue weighted by Crippen LogP contribution is -2.40. The Labute approximate surface area is 162 Å². The van der Waals surface area contributed by atoms with Crippen LogP contribution >= 0.6 is 0 Å². The van der Waals surface area contributed by atoms with Crippen LogP contribution in [0, 0.1) is 0 Å². The summed E-state index contributed by atoms with van der Waals surface area (Å²) in [6, 6.07) is 6.70. The number of likely N-dealkylation sites (N-methyl/N-ethyl adjacent to an activating group) is 1. The summed E-state index contributed by atoms with van der Waals surface area (Å²) in [6.45, 7) is 3.67. The van der Waals surface area contributed by atoms with E-state index in [2.05, 4.69) is 20.6 Å². The molecule has 2 aromatic heterocycles. The number of carbonyl (C=O) groups excluding carboxylic acids is 3. The molecule has 0 atom stereocenters. The van der Waals surface area contributed by atoms with Crippen molar-refractivity contribution in [1.29, 1.82) is 0 Å². The van der Waals surface area contributed by atoms with E-state index in [-0.39, 0.29) is 24.4 Å². The maximum Gasteiger partial charge on any atom is 0.326 e. The molecule has 0 aliphatic carbocycles. The van der Waals surface area contributed by atoms with Crippen molar-refractivity contribution in [2.75, 3.05) is 31.1 Å². The molecular formula is C19H22N6O3. The molecule has 0 aromatic carbocycles. The first-order valence-electron chi connectivity index (χ1n) is 9.04. The van der Waals surface area contributed by atoms with Gasteiger partial charge in [-0.15, -0.1) is 0 Å². The maximum absolute atomic E-state index is 12.5. The number of amides is 4. The van der Waals surface area contributed by atoms with Gasteiger partial charge in [0.25, 0.3) is 5.91 Å². The number of pyridine rings is 2. The highest BCUT2D eigenvalue weighted by Crippen LogP contribution is 2.18. The van der Waals surface area contributed by atoms with Crippen LogP contribution in [0.15, 0.2) is 42.9 Å². The van der Waals surface area contributed by atoms with E-state index in [1.807, 2.05) is 13.0 Å². The quantitative estimate of drug-likeness (QED) is 0.736. The summed E-state index contributed by atoms with van der Waals surface area (Å²) >= 11 is 0. The molecular weight excluding hydrogens is 360 g/mol. The average Bonchev–Trinajstić information content (AvgIpc) is 3.07. The van der Waals surface area contributed by atoms with Gasteiger partial charge in [0.05, 0.1) is 5.56 Å². The van der Waals surface area contributed by atoms with E-state index in [4.69, 9.17) is 0 Å². The minimum absolute atomic E-state index is 0.0433. The highest BCUT2D eigenvalue weighted by Gasteiger charge is 2.31. The van der Waals surface area contributed by atoms with Crippen LogP contribution < -0.4 is 15.5 Å². The van der Waals surface area contributed by atoms with Crippen LogP contribution in [0.4, 0.5) is 10.6 Å². The Morgan fingerprint density at radius 1 is 1.14 bits per heavy atom. The highest BCUT2D eigenvalue weighted by atomic mass is 16.2. The van der Waals surface area contributed by atoms with Crippen molar-refractivity contribution in [1.82, 2.24) is 25.5 Å². The van der Waals surface area contributed by atoms with Crippen LogP contribution in [0.2, 0.25) is 0 Å². The largest absolute Gasteiger partial charge is 0.355 e. The molecule has 0 saturated carbocycles. The van der Waals surface area contributed by atoms with Gasteiger partial charge >= 0.3 is 6.03 Å². The van der Waals surface area contributed by atoms with Crippen molar-refractivity contribution >= 4 is 23.7 Å². The Balaban J connectivity index is 1.55. The number of rotatable bonds is 7. The second-order valence-electron chi connectivity index (χ2n) is 6.26. The van der Waals surface area contributed by atoms with Gasteiger partial charge < -0.3 is 15.5 Å². The second kappa shape index (κ2) is 8.94. The van der Waals surface area contributed by atoms with Crippen molar-refractivity contribution in [3.63, 3.8) is 0 Å². The summed E-state index contributed by atoms with van der Waals surface area (Å²) in [6.07, 6.45) is 4.73. The summed E-state index contributed by atoms with van der Waals surface area (Å²) in [7, 11) is 0. The Bertz CT molecular complexity index is 841. The average molecular weight is 382 g/mol. The molecule has 9 nitrogen and oxygen atoms in total. The van der Waals surface area contributed by atoms with Crippen molar-refractivity contribution in [3.05, 3.63) is 54.0 Å². The zero-order chi connectivity index (χ0) is 19.9. The van der Waals surface area contributed by atoms with Crippen LogP contribution in [0.3, 0.4) is 0 Å². The van der Waals surface area contributed by atoms with Crippen LogP contribution in [0.5, 0.6) is 0 Å². The summed E-state index contributed by atoms with van der Waals surface area (Å²) in [5.74, 6) is 0.129. The molecule has 0 spiro atoms.